The van der Waals surface area contributed by atoms with Gasteiger partial charge in [-0.25, -0.2) is 9.78 Å². The standard InChI is InChI=1S/C22H26N4O3S/c1-5-6-10-15-12-23-20-18(21(28)26(4)22(29)25(20)3)19(15)30-13-17(27)24-16-11-8-7-9-14(16)2/h7-9,11-12H,5-6,10,13H2,1-4H3,(H,24,27). The number of para-hydroxylation sites is 1. The Morgan fingerprint density at radius 2 is 1.90 bits per heavy atom. The first-order valence-electron chi connectivity index (χ1n) is 9.91. The zero-order valence-electron chi connectivity index (χ0n) is 17.7. The van der Waals surface area contributed by atoms with Crippen molar-refractivity contribution in [2.45, 2.75) is 38.0 Å². The molecule has 1 N–H and O–H groups in total. The summed E-state index contributed by atoms with van der Waals surface area (Å²) in [5, 5.41) is 3.31. The number of carbonyl (C=O) groups is 1. The maximum absolute atomic E-state index is 12.9. The summed E-state index contributed by atoms with van der Waals surface area (Å²) in [6.45, 7) is 4.03. The van der Waals surface area contributed by atoms with Gasteiger partial charge in [-0.1, -0.05) is 31.5 Å². The van der Waals surface area contributed by atoms with Crippen molar-refractivity contribution in [3.8, 4) is 0 Å². The topological polar surface area (TPSA) is 86.0 Å². The largest absolute Gasteiger partial charge is 0.332 e. The summed E-state index contributed by atoms with van der Waals surface area (Å²) in [6, 6.07) is 7.59. The average molecular weight is 427 g/mol. The van der Waals surface area contributed by atoms with E-state index in [1.54, 1.807) is 13.2 Å². The number of hydrogen-bond acceptors (Lipinski definition) is 5. The van der Waals surface area contributed by atoms with E-state index < -0.39 is 5.69 Å². The second kappa shape index (κ2) is 9.30. The molecule has 158 valence electrons. The minimum absolute atomic E-state index is 0.151. The number of nitrogens with zero attached hydrogens (tertiary/aromatic N) is 3. The van der Waals surface area contributed by atoms with Gasteiger partial charge in [-0.05, 0) is 37.0 Å². The summed E-state index contributed by atoms with van der Waals surface area (Å²) >= 11 is 1.32. The highest BCUT2D eigenvalue weighted by atomic mass is 32.2. The SMILES string of the molecule is CCCCc1cnc2c(c1SCC(=O)Nc1ccccc1C)c(=O)n(C)c(=O)n2C. The number of pyridine rings is 1. The molecule has 0 fully saturated rings. The molecule has 2 aromatic heterocycles. The number of rotatable bonds is 7. The third kappa shape index (κ3) is 4.33. The lowest BCUT2D eigenvalue weighted by Crippen LogP contribution is -2.37. The predicted octanol–water partition coefficient (Wildman–Crippen LogP) is 3.01. The number of hydrogen-bond donors (Lipinski definition) is 1. The minimum atomic E-state index is -0.422. The Hall–Kier alpha value is -2.87. The number of aromatic nitrogens is 3. The number of nitrogens with one attached hydrogen (secondary N) is 1. The van der Waals surface area contributed by atoms with Crippen LogP contribution in [0.4, 0.5) is 5.69 Å². The van der Waals surface area contributed by atoms with Crippen molar-refractivity contribution in [2.75, 3.05) is 11.1 Å². The second-order valence-electron chi connectivity index (χ2n) is 7.27. The summed E-state index contributed by atoms with van der Waals surface area (Å²) in [7, 11) is 3.06. The van der Waals surface area contributed by atoms with Crippen molar-refractivity contribution < 1.29 is 4.79 Å². The Balaban J connectivity index is 1.99. The highest BCUT2D eigenvalue weighted by molar-refractivity contribution is 8.00. The van der Waals surface area contributed by atoms with Crippen molar-refractivity contribution in [3.05, 3.63) is 62.4 Å². The molecule has 3 rings (SSSR count). The fourth-order valence-corrected chi connectivity index (χ4v) is 4.30. The summed E-state index contributed by atoms with van der Waals surface area (Å²) < 4.78 is 2.46. The van der Waals surface area contributed by atoms with Crippen LogP contribution in [0.15, 0.2) is 44.9 Å². The Bertz CT molecular complexity index is 1210. The highest BCUT2D eigenvalue weighted by Crippen LogP contribution is 2.29. The number of carbonyl (C=O) groups excluding carboxylic acids is 1. The van der Waals surface area contributed by atoms with Gasteiger partial charge in [-0.2, -0.15) is 0 Å². The minimum Gasteiger partial charge on any atom is -0.325 e. The molecular weight excluding hydrogens is 400 g/mol. The molecule has 30 heavy (non-hydrogen) atoms. The Morgan fingerprint density at radius 1 is 1.17 bits per heavy atom. The Labute approximate surface area is 179 Å². The molecule has 0 unspecified atom stereocenters. The van der Waals surface area contributed by atoms with Crippen LogP contribution in [0, 0.1) is 6.92 Å². The molecular formula is C22H26N4O3S. The monoisotopic (exact) mass is 426 g/mol. The number of thioether (sulfide) groups is 1. The Kier molecular flexibility index (Phi) is 6.77. The average Bonchev–Trinajstić information content (AvgIpc) is 2.74. The number of anilines is 1. The fourth-order valence-electron chi connectivity index (χ4n) is 3.29. The van der Waals surface area contributed by atoms with Crippen LogP contribution < -0.4 is 16.6 Å². The molecule has 0 spiro atoms. The first-order chi connectivity index (χ1) is 14.3. The summed E-state index contributed by atoms with van der Waals surface area (Å²) in [5.74, 6) is 0.000753. The van der Waals surface area contributed by atoms with Crippen LogP contribution in [0.1, 0.15) is 30.9 Å². The normalized spacial score (nSPS) is 11.1. The van der Waals surface area contributed by atoms with Gasteiger partial charge in [0.2, 0.25) is 5.91 Å². The number of benzene rings is 1. The van der Waals surface area contributed by atoms with Gasteiger partial charge in [-0.3, -0.25) is 18.7 Å². The van der Waals surface area contributed by atoms with Gasteiger partial charge in [0, 0.05) is 30.9 Å². The summed E-state index contributed by atoms with van der Waals surface area (Å²) in [5.41, 5.74) is 2.21. The van der Waals surface area contributed by atoms with E-state index in [1.807, 2.05) is 31.2 Å². The highest BCUT2D eigenvalue weighted by Gasteiger charge is 2.18. The van der Waals surface area contributed by atoms with Crippen molar-refractivity contribution in [1.82, 2.24) is 14.1 Å². The van der Waals surface area contributed by atoms with Crippen LogP contribution in [0.3, 0.4) is 0 Å². The van der Waals surface area contributed by atoms with Gasteiger partial charge in [0.05, 0.1) is 11.1 Å². The molecule has 0 aliphatic rings. The van der Waals surface area contributed by atoms with Crippen molar-refractivity contribution in [3.63, 3.8) is 0 Å². The number of aryl methyl sites for hydroxylation is 3. The van der Waals surface area contributed by atoms with Gasteiger partial charge in [-0.15, -0.1) is 11.8 Å². The zero-order chi connectivity index (χ0) is 21.8. The number of amides is 1. The molecule has 0 radical (unpaired) electrons. The molecule has 2 heterocycles. The van der Waals surface area contributed by atoms with Crippen LogP contribution >= 0.6 is 11.8 Å². The van der Waals surface area contributed by atoms with E-state index in [1.165, 1.54) is 23.4 Å². The zero-order valence-corrected chi connectivity index (χ0v) is 18.5. The van der Waals surface area contributed by atoms with Crippen LogP contribution in [0.5, 0.6) is 0 Å². The summed E-state index contributed by atoms with van der Waals surface area (Å²) in [6.07, 6.45) is 4.43. The van der Waals surface area contributed by atoms with E-state index in [-0.39, 0.29) is 17.2 Å². The van der Waals surface area contributed by atoms with E-state index in [2.05, 4.69) is 17.2 Å². The van der Waals surface area contributed by atoms with Gasteiger partial charge >= 0.3 is 5.69 Å². The van der Waals surface area contributed by atoms with Crippen LogP contribution in [0.25, 0.3) is 11.0 Å². The molecule has 0 atom stereocenters. The molecule has 8 heteroatoms. The lowest BCUT2D eigenvalue weighted by molar-refractivity contribution is -0.113. The van der Waals surface area contributed by atoms with Gasteiger partial charge in [0.1, 0.15) is 5.65 Å². The molecule has 0 bridgehead atoms. The van der Waals surface area contributed by atoms with Crippen molar-refractivity contribution >= 4 is 34.4 Å². The Morgan fingerprint density at radius 3 is 2.60 bits per heavy atom. The molecule has 0 saturated carbocycles. The van der Waals surface area contributed by atoms with Crippen LogP contribution in [-0.2, 0) is 25.3 Å². The van der Waals surface area contributed by atoms with Crippen molar-refractivity contribution in [1.29, 1.82) is 0 Å². The van der Waals surface area contributed by atoms with Gasteiger partial charge in [0.15, 0.2) is 0 Å². The molecule has 0 aliphatic heterocycles. The summed E-state index contributed by atoms with van der Waals surface area (Å²) in [4.78, 5) is 42.9. The molecule has 3 aromatic rings. The lowest BCUT2D eigenvalue weighted by atomic mass is 10.1. The molecule has 0 saturated heterocycles. The van der Waals surface area contributed by atoms with Crippen LogP contribution in [-0.4, -0.2) is 25.8 Å². The molecule has 7 nitrogen and oxygen atoms in total. The van der Waals surface area contributed by atoms with Crippen molar-refractivity contribution in [2.24, 2.45) is 14.1 Å². The molecule has 1 aromatic carbocycles. The van der Waals surface area contributed by atoms with E-state index in [0.717, 1.165) is 45.5 Å². The lowest BCUT2D eigenvalue weighted by Gasteiger charge is -2.14. The van der Waals surface area contributed by atoms with E-state index in [0.29, 0.717) is 11.0 Å². The predicted molar refractivity (Wildman–Crippen MR) is 121 cm³/mol. The van der Waals surface area contributed by atoms with Crippen LogP contribution in [0.2, 0.25) is 0 Å². The smallest absolute Gasteiger partial charge is 0.325 e. The maximum atomic E-state index is 12.9. The quantitative estimate of drug-likeness (QED) is 0.587. The van der Waals surface area contributed by atoms with Gasteiger partial charge < -0.3 is 5.32 Å². The second-order valence-corrected chi connectivity index (χ2v) is 8.26. The third-order valence-electron chi connectivity index (χ3n) is 5.06. The first-order valence-corrected chi connectivity index (χ1v) is 10.9. The number of fused-ring (bicyclic) bond motifs is 1. The van der Waals surface area contributed by atoms with E-state index in [4.69, 9.17) is 0 Å². The van der Waals surface area contributed by atoms with E-state index in [9.17, 15) is 14.4 Å². The fraction of sp³-hybridized carbons (Fsp3) is 0.364. The van der Waals surface area contributed by atoms with Gasteiger partial charge in [0.25, 0.3) is 5.56 Å². The molecule has 0 aliphatic carbocycles. The third-order valence-corrected chi connectivity index (χ3v) is 6.22. The van der Waals surface area contributed by atoms with E-state index >= 15 is 0 Å². The molecule has 1 amide bonds. The number of unbranched alkanes of at least 4 members (excludes halogenated alkanes) is 1. The first kappa shape index (κ1) is 21.8. The maximum Gasteiger partial charge on any atom is 0.332 e.